The molecule has 1 aromatic heterocycles. The average molecular weight is 513 g/mol. The summed E-state index contributed by atoms with van der Waals surface area (Å²) in [7, 11) is 0. The molecule has 0 bridgehead atoms. The van der Waals surface area contributed by atoms with Crippen LogP contribution in [0.5, 0.6) is 0 Å². The molecule has 2 N–H and O–H groups in total. The lowest BCUT2D eigenvalue weighted by molar-refractivity contribution is -0.113. The number of hydrogen-bond acceptors (Lipinski definition) is 5. The molecule has 2 amide bonds. The van der Waals surface area contributed by atoms with Crippen LogP contribution in [0.15, 0.2) is 47.6 Å². The molecular formula is C21H20Cl3N5O2S. The summed E-state index contributed by atoms with van der Waals surface area (Å²) in [6, 6.07) is 11.3. The first-order valence-electron chi connectivity index (χ1n) is 9.66. The van der Waals surface area contributed by atoms with Crippen molar-refractivity contribution in [3.8, 4) is 0 Å². The minimum Gasteiger partial charge on any atom is -0.342 e. The molecule has 0 aliphatic heterocycles. The minimum absolute atomic E-state index is 0.124. The maximum absolute atomic E-state index is 12.6. The van der Waals surface area contributed by atoms with Crippen LogP contribution in [0.1, 0.15) is 36.1 Å². The number of rotatable bonds is 8. The molecule has 0 radical (unpaired) electrons. The Labute approximate surface area is 204 Å². The Bertz CT molecular complexity index is 1140. The number of aromatic nitrogens is 3. The lowest BCUT2D eigenvalue weighted by atomic mass is 10.2. The maximum Gasteiger partial charge on any atom is 0.253 e. The average Bonchev–Trinajstić information content (AvgIpc) is 3.18. The Kier molecular flexibility index (Phi) is 8.42. The monoisotopic (exact) mass is 511 g/mol. The summed E-state index contributed by atoms with van der Waals surface area (Å²) in [6.07, 6.45) is 0. The molecule has 2 aromatic carbocycles. The molecule has 32 heavy (non-hydrogen) atoms. The largest absolute Gasteiger partial charge is 0.342 e. The number of hydrogen-bond donors (Lipinski definition) is 2. The highest BCUT2D eigenvalue weighted by Crippen LogP contribution is 2.26. The van der Waals surface area contributed by atoms with Crippen molar-refractivity contribution in [1.82, 2.24) is 20.1 Å². The van der Waals surface area contributed by atoms with E-state index in [-0.39, 0.29) is 17.6 Å². The van der Waals surface area contributed by atoms with Crippen molar-refractivity contribution >= 4 is 64.1 Å². The molecule has 0 fully saturated rings. The van der Waals surface area contributed by atoms with Crippen LogP contribution in [-0.4, -0.2) is 32.3 Å². The highest BCUT2D eigenvalue weighted by molar-refractivity contribution is 7.99. The van der Waals surface area contributed by atoms with Crippen molar-refractivity contribution in [1.29, 1.82) is 0 Å². The van der Waals surface area contributed by atoms with Crippen LogP contribution in [-0.2, 0) is 11.3 Å². The number of amides is 2. The van der Waals surface area contributed by atoms with Gasteiger partial charge in [0.15, 0.2) is 11.0 Å². The Balaban J connectivity index is 1.63. The molecule has 0 unspecified atom stereocenters. The van der Waals surface area contributed by atoms with Crippen LogP contribution < -0.4 is 10.6 Å². The molecule has 0 spiro atoms. The zero-order chi connectivity index (χ0) is 23.3. The number of thioether (sulfide) groups is 1. The third kappa shape index (κ3) is 5.95. The SMILES string of the molecule is CCn1c(SCC(=O)Nc2ccc(Cl)c(Cl)c2)nnc1[C@@H](C)NC(=O)c1ccccc1Cl. The second kappa shape index (κ2) is 11.0. The van der Waals surface area contributed by atoms with E-state index in [9.17, 15) is 9.59 Å². The lowest BCUT2D eigenvalue weighted by Gasteiger charge is -2.15. The predicted octanol–water partition coefficient (Wildman–Crippen LogP) is 5.48. The summed E-state index contributed by atoms with van der Waals surface area (Å²) in [5.74, 6) is 0.184. The fraction of sp³-hybridized carbons (Fsp3) is 0.238. The second-order valence-corrected chi connectivity index (χ2v) is 8.89. The smallest absolute Gasteiger partial charge is 0.253 e. The van der Waals surface area contributed by atoms with Gasteiger partial charge >= 0.3 is 0 Å². The summed E-state index contributed by atoms with van der Waals surface area (Å²) in [5.41, 5.74) is 0.940. The van der Waals surface area contributed by atoms with Gasteiger partial charge in [-0.3, -0.25) is 9.59 Å². The van der Waals surface area contributed by atoms with E-state index in [0.717, 1.165) is 0 Å². The van der Waals surface area contributed by atoms with Crippen LogP contribution >= 0.6 is 46.6 Å². The van der Waals surface area contributed by atoms with E-state index < -0.39 is 6.04 Å². The van der Waals surface area contributed by atoms with Gasteiger partial charge in [-0.15, -0.1) is 10.2 Å². The Morgan fingerprint density at radius 3 is 2.50 bits per heavy atom. The van der Waals surface area contributed by atoms with E-state index in [0.29, 0.717) is 43.8 Å². The molecule has 11 heteroatoms. The third-order valence-corrected chi connectivity index (χ3v) is 6.49. The summed E-state index contributed by atoms with van der Waals surface area (Å²) in [5, 5.41) is 15.8. The van der Waals surface area contributed by atoms with Gasteiger partial charge < -0.3 is 15.2 Å². The van der Waals surface area contributed by atoms with Crippen molar-refractivity contribution in [3.05, 3.63) is 68.9 Å². The predicted molar refractivity (Wildman–Crippen MR) is 129 cm³/mol. The molecule has 0 aliphatic carbocycles. The molecule has 1 heterocycles. The fourth-order valence-corrected chi connectivity index (χ4v) is 4.24. The van der Waals surface area contributed by atoms with Crippen molar-refractivity contribution < 1.29 is 9.59 Å². The number of nitrogens with zero attached hydrogens (tertiary/aromatic N) is 3. The van der Waals surface area contributed by atoms with Crippen molar-refractivity contribution in [3.63, 3.8) is 0 Å². The van der Waals surface area contributed by atoms with Crippen molar-refractivity contribution in [2.45, 2.75) is 31.6 Å². The quantitative estimate of drug-likeness (QED) is 0.390. The minimum atomic E-state index is -0.411. The molecular weight excluding hydrogens is 493 g/mol. The van der Waals surface area contributed by atoms with E-state index in [4.69, 9.17) is 34.8 Å². The lowest BCUT2D eigenvalue weighted by Crippen LogP contribution is -2.29. The Hall–Kier alpha value is -2.26. The summed E-state index contributed by atoms with van der Waals surface area (Å²) < 4.78 is 1.86. The molecule has 0 aliphatic rings. The molecule has 0 saturated heterocycles. The van der Waals surface area contributed by atoms with Gasteiger partial charge in [-0.25, -0.2) is 0 Å². The van der Waals surface area contributed by atoms with Gasteiger partial charge in [0.05, 0.1) is 32.4 Å². The van der Waals surface area contributed by atoms with Crippen LogP contribution in [0.4, 0.5) is 5.69 Å². The first-order chi connectivity index (χ1) is 15.3. The molecule has 7 nitrogen and oxygen atoms in total. The van der Waals surface area contributed by atoms with E-state index >= 15 is 0 Å². The maximum atomic E-state index is 12.6. The normalized spacial score (nSPS) is 11.8. The van der Waals surface area contributed by atoms with Gasteiger partial charge in [-0.1, -0.05) is 58.7 Å². The zero-order valence-corrected chi connectivity index (χ0v) is 20.3. The van der Waals surface area contributed by atoms with Crippen LogP contribution in [0.25, 0.3) is 0 Å². The number of anilines is 1. The van der Waals surface area contributed by atoms with E-state index in [2.05, 4.69) is 20.8 Å². The summed E-state index contributed by atoms with van der Waals surface area (Å²) in [6.45, 7) is 4.33. The number of carbonyl (C=O) groups excluding carboxylic acids is 2. The molecule has 3 aromatic rings. The molecule has 3 rings (SSSR count). The van der Waals surface area contributed by atoms with Gasteiger partial charge in [0, 0.05) is 12.2 Å². The third-order valence-electron chi connectivity index (χ3n) is 4.45. The number of halogens is 3. The Morgan fingerprint density at radius 1 is 1.06 bits per heavy atom. The van der Waals surface area contributed by atoms with Gasteiger partial charge in [0.2, 0.25) is 5.91 Å². The zero-order valence-electron chi connectivity index (χ0n) is 17.2. The van der Waals surface area contributed by atoms with E-state index in [1.54, 1.807) is 42.5 Å². The van der Waals surface area contributed by atoms with E-state index in [1.165, 1.54) is 11.8 Å². The Morgan fingerprint density at radius 2 is 1.81 bits per heavy atom. The van der Waals surface area contributed by atoms with Crippen LogP contribution in [0, 0.1) is 0 Å². The van der Waals surface area contributed by atoms with Crippen LogP contribution in [0.2, 0.25) is 15.1 Å². The van der Waals surface area contributed by atoms with Gasteiger partial charge in [-0.05, 0) is 44.2 Å². The van der Waals surface area contributed by atoms with Crippen molar-refractivity contribution in [2.75, 3.05) is 11.1 Å². The number of carbonyl (C=O) groups is 2. The molecule has 168 valence electrons. The standard InChI is InChI=1S/C21H20Cl3N5O2S/c1-3-29-19(12(2)25-20(31)14-6-4-5-7-15(14)22)27-28-21(29)32-11-18(30)26-13-8-9-16(23)17(24)10-13/h4-10,12H,3,11H2,1-2H3,(H,25,31)(H,26,30)/t12-/m1/s1. The second-order valence-electron chi connectivity index (χ2n) is 6.73. The first kappa shape index (κ1) is 24.4. The molecule has 0 saturated carbocycles. The van der Waals surface area contributed by atoms with Gasteiger partial charge in [-0.2, -0.15) is 0 Å². The summed E-state index contributed by atoms with van der Waals surface area (Å²) >= 11 is 19.2. The van der Waals surface area contributed by atoms with Crippen molar-refractivity contribution in [2.24, 2.45) is 0 Å². The highest BCUT2D eigenvalue weighted by atomic mass is 35.5. The van der Waals surface area contributed by atoms with Crippen LogP contribution in [0.3, 0.4) is 0 Å². The summed E-state index contributed by atoms with van der Waals surface area (Å²) in [4.78, 5) is 24.9. The number of nitrogens with one attached hydrogen (secondary N) is 2. The van der Waals surface area contributed by atoms with E-state index in [1.807, 2.05) is 18.4 Å². The fourth-order valence-electron chi connectivity index (χ4n) is 2.91. The van der Waals surface area contributed by atoms with Gasteiger partial charge in [0.25, 0.3) is 5.91 Å². The first-order valence-corrected chi connectivity index (χ1v) is 11.8. The topological polar surface area (TPSA) is 88.9 Å². The molecule has 1 atom stereocenters. The van der Waals surface area contributed by atoms with Gasteiger partial charge in [0.1, 0.15) is 0 Å². The number of benzene rings is 2. The highest BCUT2D eigenvalue weighted by Gasteiger charge is 2.21.